The van der Waals surface area contributed by atoms with E-state index in [-0.39, 0.29) is 16.4 Å². The van der Waals surface area contributed by atoms with Gasteiger partial charge in [0, 0.05) is 11.1 Å². The van der Waals surface area contributed by atoms with E-state index in [9.17, 15) is 13.2 Å². The average molecular weight is 259 g/mol. The van der Waals surface area contributed by atoms with Crippen molar-refractivity contribution in [3.05, 3.63) is 46.6 Å². The van der Waals surface area contributed by atoms with Crippen molar-refractivity contribution in [2.75, 3.05) is 0 Å². The molecule has 0 radical (unpaired) electrons. The van der Waals surface area contributed by atoms with Gasteiger partial charge in [0.05, 0.1) is 5.69 Å². The number of hydrogen-bond donors (Lipinski definition) is 0. The van der Waals surface area contributed by atoms with Crippen LogP contribution in [0.15, 0.2) is 18.5 Å². The normalized spacial score (nSPS) is 10.6. The van der Waals surface area contributed by atoms with Crippen LogP contribution in [0.3, 0.4) is 0 Å². The number of benzene rings is 1. The second-order valence-electron chi connectivity index (χ2n) is 3.39. The van der Waals surface area contributed by atoms with E-state index in [1.54, 1.807) is 6.92 Å². The van der Waals surface area contributed by atoms with Crippen LogP contribution in [0.4, 0.5) is 13.2 Å². The molecule has 88 valence electrons. The Bertz CT molecular complexity index is 564. The Morgan fingerprint density at radius 1 is 1.06 bits per heavy atom. The van der Waals surface area contributed by atoms with Crippen LogP contribution in [-0.4, -0.2) is 9.97 Å². The van der Waals surface area contributed by atoms with Gasteiger partial charge in [-0.2, -0.15) is 0 Å². The van der Waals surface area contributed by atoms with E-state index < -0.39 is 17.5 Å². The highest BCUT2D eigenvalue weighted by Crippen LogP contribution is 2.27. The van der Waals surface area contributed by atoms with Crippen molar-refractivity contribution < 1.29 is 13.2 Å². The van der Waals surface area contributed by atoms with Crippen molar-refractivity contribution >= 4 is 11.6 Å². The number of nitrogens with zero attached hydrogens (tertiary/aromatic N) is 2. The fourth-order valence-corrected chi connectivity index (χ4v) is 1.55. The summed E-state index contributed by atoms with van der Waals surface area (Å²) in [6, 6.07) is 1.73. The van der Waals surface area contributed by atoms with Crippen molar-refractivity contribution in [1.82, 2.24) is 9.97 Å². The van der Waals surface area contributed by atoms with E-state index in [1.165, 1.54) is 6.33 Å². The molecule has 1 aromatic heterocycles. The number of aromatic nitrogens is 2. The Kier molecular flexibility index (Phi) is 3.02. The summed E-state index contributed by atoms with van der Waals surface area (Å²) in [6.45, 7) is 1.61. The average Bonchev–Trinajstić information content (AvgIpc) is 2.29. The number of halogens is 4. The van der Waals surface area contributed by atoms with Gasteiger partial charge < -0.3 is 0 Å². The lowest BCUT2D eigenvalue weighted by Crippen LogP contribution is -1.96. The van der Waals surface area contributed by atoms with Gasteiger partial charge in [0.15, 0.2) is 17.5 Å². The van der Waals surface area contributed by atoms with Gasteiger partial charge in [-0.1, -0.05) is 11.6 Å². The molecule has 2 rings (SSSR count). The van der Waals surface area contributed by atoms with Crippen LogP contribution in [0.5, 0.6) is 0 Å². The fourth-order valence-electron chi connectivity index (χ4n) is 1.41. The van der Waals surface area contributed by atoms with Crippen LogP contribution in [0.25, 0.3) is 11.3 Å². The number of hydrogen-bond acceptors (Lipinski definition) is 2. The van der Waals surface area contributed by atoms with Crippen LogP contribution in [-0.2, 0) is 0 Å². The van der Waals surface area contributed by atoms with Crippen LogP contribution in [0.2, 0.25) is 5.15 Å². The third kappa shape index (κ3) is 2.10. The van der Waals surface area contributed by atoms with Gasteiger partial charge in [-0.15, -0.1) is 0 Å². The first kappa shape index (κ1) is 11.9. The summed E-state index contributed by atoms with van der Waals surface area (Å²) in [5.74, 6) is -4.05. The summed E-state index contributed by atoms with van der Waals surface area (Å²) in [6.07, 6.45) is 1.17. The molecular formula is C11H6ClF3N2. The Hall–Kier alpha value is -1.62. The van der Waals surface area contributed by atoms with E-state index in [0.29, 0.717) is 5.56 Å². The zero-order valence-electron chi connectivity index (χ0n) is 8.64. The molecule has 0 fully saturated rings. The topological polar surface area (TPSA) is 25.8 Å². The SMILES string of the molecule is Cc1c(Cl)ncnc1-c1cc(F)c(F)c(F)c1. The Morgan fingerprint density at radius 3 is 2.24 bits per heavy atom. The standard InChI is InChI=1S/C11H6ClF3N2/c1-5-10(16-4-17-11(5)12)6-2-7(13)9(15)8(14)3-6/h2-4H,1H3. The molecule has 0 amide bonds. The van der Waals surface area contributed by atoms with E-state index >= 15 is 0 Å². The molecule has 0 bridgehead atoms. The molecule has 0 aliphatic heterocycles. The molecule has 1 heterocycles. The predicted octanol–water partition coefficient (Wildman–Crippen LogP) is 3.52. The van der Waals surface area contributed by atoms with E-state index in [2.05, 4.69) is 9.97 Å². The molecule has 0 saturated heterocycles. The minimum Gasteiger partial charge on any atom is -0.236 e. The van der Waals surface area contributed by atoms with Gasteiger partial charge >= 0.3 is 0 Å². The molecule has 6 heteroatoms. The van der Waals surface area contributed by atoms with E-state index in [0.717, 1.165) is 12.1 Å². The van der Waals surface area contributed by atoms with Crippen molar-refractivity contribution in [2.45, 2.75) is 6.92 Å². The van der Waals surface area contributed by atoms with Gasteiger partial charge in [-0.05, 0) is 19.1 Å². The second kappa shape index (κ2) is 4.33. The zero-order valence-corrected chi connectivity index (χ0v) is 9.39. The first-order chi connectivity index (χ1) is 8.00. The van der Waals surface area contributed by atoms with Gasteiger partial charge in [0.25, 0.3) is 0 Å². The Balaban J connectivity index is 2.65. The predicted molar refractivity (Wildman–Crippen MR) is 57.1 cm³/mol. The highest BCUT2D eigenvalue weighted by Gasteiger charge is 2.14. The van der Waals surface area contributed by atoms with E-state index in [1.807, 2.05) is 0 Å². The lowest BCUT2D eigenvalue weighted by Gasteiger charge is -2.06. The highest BCUT2D eigenvalue weighted by molar-refractivity contribution is 6.30. The largest absolute Gasteiger partial charge is 0.236 e. The molecule has 2 nitrogen and oxygen atoms in total. The molecule has 17 heavy (non-hydrogen) atoms. The maximum atomic E-state index is 13.1. The molecule has 0 saturated carbocycles. The molecular weight excluding hydrogens is 253 g/mol. The molecule has 0 spiro atoms. The molecule has 0 atom stereocenters. The zero-order chi connectivity index (χ0) is 12.6. The van der Waals surface area contributed by atoms with Crippen LogP contribution in [0, 0.1) is 24.4 Å². The minimum absolute atomic E-state index is 0.114. The van der Waals surface area contributed by atoms with Crippen molar-refractivity contribution in [3.8, 4) is 11.3 Å². The third-order valence-corrected chi connectivity index (χ3v) is 2.66. The summed E-state index contributed by atoms with van der Waals surface area (Å²) >= 11 is 5.76. The smallest absolute Gasteiger partial charge is 0.194 e. The summed E-state index contributed by atoms with van der Waals surface area (Å²) in [4.78, 5) is 7.59. The first-order valence-corrected chi connectivity index (χ1v) is 5.00. The molecule has 1 aromatic carbocycles. The fraction of sp³-hybridized carbons (Fsp3) is 0.0909. The van der Waals surface area contributed by atoms with Crippen molar-refractivity contribution in [3.63, 3.8) is 0 Å². The number of rotatable bonds is 1. The van der Waals surface area contributed by atoms with Crippen LogP contribution in [0.1, 0.15) is 5.56 Å². The van der Waals surface area contributed by atoms with Crippen molar-refractivity contribution in [2.24, 2.45) is 0 Å². The first-order valence-electron chi connectivity index (χ1n) is 4.62. The maximum absolute atomic E-state index is 13.1. The quantitative estimate of drug-likeness (QED) is 0.578. The van der Waals surface area contributed by atoms with Crippen LogP contribution >= 0.6 is 11.6 Å². The van der Waals surface area contributed by atoms with Gasteiger partial charge in [0.1, 0.15) is 11.5 Å². The molecule has 2 aromatic rings. The molecule has 0 unspecified atom stereocenters. The van der Waals surface area contributed by atoms with E-state index in [4.69, 9.17) is 11.6 Å². The summed E-state index contributed by atoms with van der Waals surface area (Å²) in [7, 11) is 0. The van der Waals surface area contributed by atoms with Crippen LogP contribution < -0.4 is 0 Å². The summed E-state index contributed by atoms with van der Waals surface area (Å²) in [5.41, 5.74) is 0.852. The van der Waals surface area contributed by atoms with Crippen molar-refractivity contribution in [1.29, 1.82) is 0 Å². The van der Waals surface area contributed by atoms with Gasteiger partial charge in [-0.25, -0.2) is 23.1 Å². The summed E-state index contributed by atoms with van der Waals surface area (Å²) < 4.78 is 38.9. The molecule has 0 N–H and O–H groups in total. The van der Waals surface area contributed by atoms with Gasteiger partial charge in [0.2, 0.25) is 0 Å². The third-order valence-electron chi connectivity index (χ3n) is 2.28. The lowest BCUT2D eigenvalue weighted by molar-refractivity contribution is 0.447. The monoisotopic (exact) mass is 258 g/mol. The Morgan fingerprint density at radius 2 is 1.65 bits per heavy atom. The molecule has 0 aliphatic rings. The highest BCUT2D eigenvalue weighted by atomic mass is 35.5. The summed E-state index contributed by atoms with van der Waals surface area (Å²) in [5, 5.41) is 0.181. The minimum atomic E-state index is -1.51. The molecule has 0 aliphatic carbocycles. The maximum Gasteiger partial charge on any atom is 0.194 e. The second-order valence-corrected chi connectivity index (χ2v) is 3.75. The lowest BCUT2D eigenvalue weighted by atomic mass is 10.1. The van der Waals surface area contributed by atoms with Gasteiger partial charge in [-0.3, -0.25) is 0 Å². The Labute approximate surface area is 100 Å².